The van der Waals surface area contributed by atoms with E-state index in [0.29, 0.717) is 16.6 Å². The Bertz CT molecular complexity index is 738. The molecule has 1 aromatic carbocycles. The lowest BCUT2D eigenvalue weighted by molar-refractivity contribution is -0.115. The molecule has 1 saturated carbocycles. The summed E-state index contributed by atoms with van der Waals surface area (Å²) in [5.74, 6) is -0.862. The molecule has 6 nitrogen and oxygen atoms in total. The SMILES string of the molecule is O=C(Cc1ccccc1C(=O)O)Nc1nnc(C2CCCCC2)s1. The van der Waals surface area contributed by atoms with Crippen LogP contribution in [0.2, 0.25) is 0 Å². The molecule has 0 aliphatic heterocycles. The minimum absolute atomic E-state index is 0.000809. The first kappa shape index (κ1) is 16.6. The fourth-order valence-electron chi connectivity index (χ4n) is 3.02. The van der Waals surface area contributed by atoms with E-state index in [2.05, 4.69) is 15.5 Å². The fourth-order valence-corrected chi connectivity index (χ4v) is 3.95. The van der Waals surface area contributed by atoms with Crippen molar-refractivity contribution in [3.05, 3.63) is 40.4 Å². The molecule has 0 saturated heterocycles. The molecule has 1 aromatic heterocycles. The second kappa shape index (κ2) is 7.53. The number of anilines is 1. The van der Waals surface area contributed by atoms with Gasteiger partial charge in [0.2, 0.25) is 11.0 Å². The van der Waals surface area contributed by atoms with E-state index in [9.17, 15) is 9.59 Å². The molecule has 0 unspecified atom stereocenters. The minimum Gasteiger partial charge on any atom is -0.478 e. The maximum Gasteiger partial charge on any atom is 0.335 e. The second-order valence-electron chi connectivity index (χ2n) is 5.97. The van der Waals surface area contributed by atoms with Crippen LogP contribution in [0, 0.1) is 0 Å². The number of carboxylic acid groups (broad SMARTS) is 1. The van der Waals surface area contributed by atoms with Gasteiger partial charge in [-0.05, 0) is 24.5 Å². The third-order valence-corrected chi connectivity index (χ3v) is 5.24. The van der Waals surface area contributed by atoms with E-state index in [1.54, 1.807) is 18.2 Å². The number of nitrogens with zero attached hydrogens (tertiary/aromatic N) is 2. The van der Waals surface area contributed by atoms with Crippen LogP contribution in [0.3, 0.4) is 0 Å². The molecule has 24 heavy (non-hydrogen) atoms. The van der Waals surface area contributed by atoms with E-state index in [-0.39, 0.29) is 17.9 Å². The van der Waals surface area contributed by atoms with Crippen molar-refractivity contribution in [3.63, 3.8) is 0 Å². The van der Waals surface area contributed by atoms with Crippen LogP contribution < -0.4 is 5.32 Å². The molecule has 3 rings (SSSR count). The van der Waals surface area contributed by atoms with Crippen molar-refractivity contribution in [2.24, 2.45) is 0 Å². The van der Waals surface area contributed by atoms with Crippen LogP contribution in [0.25, 0.3) is 0 Å². The molecule has 1 aliphatic carbocycles. The topological polar surface area (TPSA) is 92.2 Å². The summed E-state index contributed by atoms with van der Waals surface area (Å²) in [7, 11) is 0. The van der Waals surface area contributed by atoms with E-state index in [1.165, 1.54) is 36.7 Å². The van der Waals surface area contributed by atoms with Gasteiger partial charge in [0.25, 0.3) is 0 Å². The maximum atomic E-state index is 12.2. The highest BCUT2D eigenvalue weighted by Crippen LogP contribution is 2.35. The molecule has 1 amide bonds. The standard InChI is InChI=1S/C17H19N3O3S/c21-14(10-12-8-4-5-9-13(12)16(22)23)18-17-20-19-15(24-17)11-6-2-1-3-7-11/h4-5,8-9,11H,1-3,6-7,10H2,(H,22,23)(H,18,20,21). The van der Waals surface area contributed by atoms with Gasteiger partial charge in [0.05, 0.1) is 12.0 Å². The molecule has 2 N–H and O–H groups in total. The van der Waals surface area contributed by atoms with Crippen molar-refractivity contribution in [2.45, 2.75) is 44.4 Å². The van der Waals surface area contributed by atoms with Gasteiger partial charge in [0.1, 0.15) is 5.01 Å². The molecule has 0 radical (unpaired) electrons. The average Bonchev–Trinajstić information content (AvgIpc) is 3.04. The first-order valence-corrected chi connectivity index (χ1v) is 8.89. The zero-order valence-electron chi connectivity index (χ0n) is 13.2. The van der Waals surface area contributed by atoms with Crippen LogP contribution in [-0.2, 0) is 11.2 Å². The molecule has 1 heterocycles. The Morgan fingerprint density at radius 1 is 1.17 bits per heavy atom. The molecule has 1 fully saturated rings. The maximum absolute atomic E-state index is 12.2. The van der Waals surface area contributed by atoms with E-state index in [1.807, 2.05) is 0 Å². The summed E-state index contributed by atoms with van der Waals surface area (Å²) < 4.78 is 0. The molecule has 0 atom stereocenters. The van der Waals surface area contributed by atoms with E-state index < -0.39 is 5.97 Å². The normalized spacial score (nSPS) is 15.2. The summed E-state index contributed by atoms with van der Waals surface area (Å²) in [6.45, 7) is 0. The largest absolute Gasteiger partial charge is 0.478 e. The summed E-state index contributed by atoms with van der Waals surface area (Å²) in [6, 6.07) is 6.51. The molecule has 1 aliphatic rings. The molecule has 126 valence electrons. The fraction of sp³-hybridized carbons (Fsp3) is 0.412. The van der Waals surface area contributed by atoms with Gasteiger partial charge >= 0.3 is 5.97 Å². The highest BCUT2D eigenvalue weighted by atomic mass is 32.1. The van der Waals surface area contributed by atoms with Crippen molar-refractivity contribution in [1.29, 1.82) is 0 Å². The number of carboxylic acids is 1. The Balaban J connectivity index is 1.63. The number of carbonyl (C=O) groups excluding carboxylic acids is 1. The quantitative estimate of drug-likeness (QED) is 0.866. The first-order valence-electron chi connectivity index (χ1n) is 8.08. The van der Waals surface area contributed by atoms with Crippen molar-refractivity contribution >= 4 is 28.3 Å². The van der Waals surface area contributed by atoms with Gasteiger partial charge < -0.3 is 10.4 Å². The number of hydrogen-bond donors (Lipinski definition) is 2. The number of carbonyl (C=O) groups is 2. The number of aromatic nitrogens is 2. The Labute approximate surface area is 143 Å². The number of amides is 1. The Morgan fingerprint density at radius 3 is 2.67 bits per heavy atom. The van der Waals surface area contributed by atoms with Gasteiger partial charge in [-0.25, -0.2) is 4.79 Å². The Hall–Kier alpha value is -2.28. The van der Waals surface area contributed by atoms with E-state index >= 15 is 0 Å². The van der Waals surface area contributed by atoms with Crippen molar-refractivity contribution in [3.8, 4) is 0 Å². The Morgan fingerprint density at radius 2 is 1.92 bits per heavy atom. The highest BCUT2D eigenvalue weighted by Gasteiger charge is 2.20. The van der Waals surface area contributed by atoms with Crippen LogP contribution in [0.15, 0.2) is 24.3 Å². The van der Waals surface area contributed by atoms with Crippen LogP contribution >= 0.6 is 11.3 Å². The summed E-state index contributed by atoms with van der Waals surface area (Å²) >= 11 is 1.42. The number of hydrogen-bond acceptors (Lipinski definition) is 5. The average molecular weight is 345 g/mol. The first-order chi connectivity index (χ1) is 11.6. The van der Waals surface area contributed by atoms with Crippen LogP contribution in [-0.4, -0.2) is 27.2 Å². The van der Waals surface area contributed by atoms with Gasteiger partial charge in [-0.15, -0.1) is 10.2 Å². The predicted octanol–water partition coefficient (Wildman–Crippen LogP) is 3.47. The zero-order chi connectivity index (χ0) is 16.9. The van der Waals surface area contributed by atoms with Crippen LogP contribution in [0.1, 0.15) is 59.0 Å². The van der Waals surface area contributed by atoms with Crippen LogP contribution in [0.5, 0.6) is 0 Å². The summed E-state index contributed by atoms with van der Waals surface area (Å²) in [5, 5.41) is 21.6. The van der Waals surface area contributed by atoms with Crippen LogP contribution in [0.4, 0.5) is 5.13 Å². The van der Waals surface area contributed by atoms with Gasteiger partial charge in [-0.2, -0.15) is 0 Å². The third-order valence-electron chi connectivity index (χ3n) is 4.24. The minimum atomic E-state index is -1.03. The molecule has 2 aromatic rings. The number of benzene rings is 1. The van der Waals surface area contributed by atoms with Crippen molar-refractivity contribution in [2.75, 3.05) is 5.32 Å². The molecule has 7 heteroatoms. The number of nitrogens with one attached hydrogen (secondary N) is 1. The number of rotatable bonds is 5. The van der Waals surface area contributed by atoms with E-state index in [4.69, 9.17) is 5.11 Å². The lowest BCUT2D eigenvalue weighted by Crippen LogP contribution is -2.16. The Kier molecular flexibility index (Phi) is 5.20. The van der Waals surface area contributed by atoms with Crippen molar-refractivity contribution in [1.82, 2.24) is 10.2 Å². The second-order valence-corrected chi connectivity index (χ2v) is 6.98. The molecule has 0 spiro atoms. The summed E-state index contributed by atoms with van der Waals surface area (Å²) in [6.07, 6.45) is 5.99. The van der Waals surface area contributed by atoms with Gasteiger partial charge in [-0.3, -0.25) is 4.79 Å². The van der Waals surface area contributed by atoms with Crippen molar-refractivity contribution < 1.29 is 14.7 Å². The smallest absolute Gasteiger partial charge is 0.335 e. The monoisotopic (exact) mass is 345 g/mol. The highest BCUT2D eigenvalue weighted by molar-refractivity contribution is 7.15. The summed E-state index contributed by atoms with van der Waals surface area (Å²) in [5.41, 5.74) is 0.632. The van der Waals surface area contributed by atoms with Gasteiger partial charge in [-0.1, -0.05) is 48.8 Å². The third kappa shape index (κ3) is 3.97. The predicted molar refractivity (Wildman–Crippen MR) is 91.5 cm³/mol. The lowest BCUT2D eigenvalue weighted by atomic mass is 9.90. The number of aromatic carboxylic acids is 1. The van der Waals surface area contributed by atoms with Gasteiger partial charge in [0.15, 0.2) is 0 Å². The molecular formula is C17H19N3O3S. The molecule has 0 bridgehead atoms. The lowest BCUT2D eigenvalue weighted by Gasteiger charge is -2.18. The summed E-state index contributed by atoms with van der Waals surface area (Å²) in [4.78, 5) is 23.4. The van der Waals surface area contributed by atoms with E-state index in [0.717, 1.165) is 17.8 Å². The molecular weight excluding hydrogens is 326 g/mol. The van der Waals surface area contributed by atoms with Gasteiger partial charge in [0, 0.05) is 5.92 Å². The zero-order valence-corrected chi connectivity index (χ0v) is 14.0.